The largest absolute Gasteiger partial charge is 0.481 e. The first kappa shape index (κ1) is 35.0. The molecule has 2 heterocycles. The first-order valence-electron chi connectivity index (χ1n) is 18.5. The summed E-state index contributed by atoms with van der Waals surface area (Å²) in [4.78, 5) is 15.3. The van der Waals surface area contributed by atoms with E-state index in [4.69, 9.17) is 20.3 Å². The van der Waals surface area contributed by atoms with Crippen LogP contribution in [0.5, 0.6) is 0 Å². The van der Waals surface area contributed by atoms with Gasteiger partial charge in [-0.2, -0.15) is 4.80 Å². The van der Waals surface area contributed by atoms with Gasteiger partial charge in [0.2, 0.25) is 0 Å². The second-order valence-electron chi connectivity index (χ2n) is 18.7. The summed E-state index contributed by atoms with van der Waals surface area (Å²) >= 11 is 0. The van der Waals surface area contributed by atoms with Crippen molar-refractivity contribution in [3.8, 4) is 0 Å². The average molecular weight is 654 g/mol. The minimum atomic E-state index is -0.631. The van der Waals surface area contributed by atoms with Crippen molar-refractivity contribution in [1.29, 1.82) is 0 Å². The van der Waals surface area contributed by atoms with Crippen molar-refractivity contribution in [2.75, 3.05) is 19.8 Å². The number of carboxylic acid groups (broad SMARTS) is 1. The summed E-state index contributed by atoms with van der Waals surface area (Å²) in [5.74, 6) is 1.18. The van der Waals surface area contributed by atoms with Gasteiger partial charge < -0.3 is 20.3 Å². The number of carboxylic acids is 1. The molecule has 4 fully saturated rings. The van der Waals surface area contributed by atoms with Gasteiger partial charge in [0.25, 0.3) is 0 Å². The van der Waals surface area contributed by atoms with Crippen LogP contribution >= 0.6 is 0 Å². The van der Waals surface area contributed by atoms with E-state index in [1.165, 1.54) is 5.57 Å². The van der Waals surface area contributed by atoms with E-state index in [-0.39, 0.29) is 51.1 Å². The van der Waals surface area contributed by atoms with Crippen molar-refractivity contribution in [3.63, 3.8) is 0 Å². The number of hydrogen-bond donors (Lipinski definition) is 2. The third kappa shape index (κ3) is 4.85. The number of hydrogen-bond acceptors (Lipinski definition) is 7. The Kier molecular flexibility index (Phi) is 8.45. The van der Waals surface area contributed by atoms with Crippen LogP contribution in [0, 0.1) is 69.5 Å². The maximum atomic E-state index is 13.5. The van der Waals surface area contributed by atoms with E-state index in [9.17, 15) is 9.90 Å². The summed E-state index contributed by atoms with van der Waals surface area (Å²) in [7, 11) is 0. The number of nitrogens with two attached hydrogens (primary N) is 1. The highest BCUT2D eigenvalue weighted by molar-refractivity contribution is 5.73. The Morgan fingerprint density at radius 2 is 1.83 bits per heavy atom. The number of aliphatic carboxylic acids is 1. The maximum absolute atomic E-state index is 13.5. The predicted molar refractivity (Wildman–Crippen MR) is 182 cm³/mol. The summed E-state index contributed by atoms with van der Waals surface area (Å²) in [5.41, 5.74) is 6.52. The Morgan fingerprint density at radius 1 is 1.13 bits per heavy atom. The molecule has 9 nitrogen and oxygen atoms in total. The van der Waals surface area contributed by atoms with Crippen molar-refractivity contribution in [2.24, 2.45) is 68.3 Å². The quantitative estimate of drug-likeness (QED) is 0.291. The van der Waals surface area contributed by atoms with Crippen molar-refractivity contribution in [2.45, 2.75) is 132 Å². The Morgan fingerprint density at radius 3 is 2.43 bits per heavy atom. The smallest absolute Gasteiger partial charge is 0.307 e. The van der Waals surface area contributed by atoms with Gasteiger partial charge in [-0.3, -0.25) is 4.79 Å². The van der Waals surface area contributed by atoms with Gasteiger partial charge in [-0.25, -0.2) is 0 Å². The van der Waals surface area contributed by atoms with E-state index in [2.05, 4.69) is 85.6 Å². The van der Waals surface area contributed by atoms with E-state index in [1.54, 1.807) is 0 Å². The molecule has 1 aromatic heterocycles. The number of fused-ring (bicyclic) bond motifs is 3. The number of tetrazole rings is 1. The van der Waals surface area contributed by atoms with Crippen LogP contribution in [0.1, 0.15) is 120 Å². The number of aryl methyl sites for hydroxylation is 1. The molecule has 0 aromatic carbocycles. The van der Waals surface area contributed by atoms with Gasteiger partial charge in [-0.05, 0) is 109 Å². The van der Waals surface area contributed by atoms with Crippen LogP contribution in [0.2, 0.25) is 0 Å². The van der Waals surface area contributed by atoms with E-state index in [0.717, 1.165) is 38.5 Å². The van der Waals surface area contributed by atoms with Gasteiger partial charge in [0, 0.05) is 11.0 Å². The molecule has 12 atom stereocenters. The van der Waals surface area contributed by atoms with Crippen LogP contribution in [0.25, 0.3) is 0 Å². The lowest BCUT2D eigenvalue weighted by molar-refractivity contribution is -0.255. The van der Waals surface area contributed by atoms with Gasteiger partial charge >= 0.3 is 5.97 Å². The second-order valence-corrected chi connectivity index (χ2v) is 18.7. The molecular formula is C38H63N5O4. The molecule has 0 spiro atoms. The first-order valence-corrected chi connectivity index (χ1v) is 18.5. The Bertz CT molecular complexity index is 1410. The molecule has 3 saturated carbocycles. The number of carbonyl (C=O) groups is 1. The van der Waals surface area contributed by atoms with Crippen molar-refractivity contribution < 1.29 is 19.4 Å². The summed E-state index contributed by atoms with van der Waals surface area (Å²) in [6.45, 7) is 26.2. The van der Waals surface area contributed by atoms with Gasteiger partial charge in [0.1, 0.15) is 6.04 Å². The standard InChI is InChI=1S/C38H63N5O4/c1-22(2)24(5)34(8)16-17-35(9)26-12-13-29-33(7)18-28(43-41-25(6)40-42-43)31(47-20-37(11,39)23(3)4)38(29,21-46-19-33)27(26)14-15-36(35,10)30(34)32(44)45/h14,22-24,26,28-31H,12-13,15-21,39H2,1-11H3,(H,44,45)/t24-,26+,28-,29-,30-,31+,33-,34-,35-,36+,37+,38+/m1/s1. The molecule has 4 aliphatic carbocycles. The highest BCUT2D eigenvalue weighted by atomic mass is 16.5. The molecule has 47 heavy (non-hydrogen) atoms. The van der Waals surface area contributed by atoms with E-state index >= 15 is 0 Å². The molecule has 5 aliphatic rings. The third-order valence-electron chi connectivity index (χ3n) is 15.7. The van der Waals surface area contributed by atoms with Gasteiger partial charge in [0.05, 0.1) is 31.8 Å². The molecule has 6 rings (SSSR count). The van der Waals surface area contributed by atoms with Gasteiger partial charge in [0.15, 0.2) is 5.82 Å². The second kappa shape index (κ2) is 11.3. The number of rotatable bonds is 8. The van der Waals surface area contributed by atoms with Crippen molar-refractivity contribution in [3.05, 3.63) is 17.5 Å². The molecule has 1 aromatic rings. The molecular weight excluding hydrogens is 590 g/mol. The molecule has 9 heteroatoms. The fourth-order valence-electron chi connectivity index (χ4n) is 12.0. The Labute approximate surface area is 283 Å². The Hall–Kier alpha value is -1.84. The minimum absolute atomic E-state index is 0.0801. The molecule has 3 N–H and O–H groups in total. The normalized spacial score (nSPS) is 45.0. The fourth-order valence-corrected chi connectivity index (χ4v) is 12.0. The topological polar surface area (TPSA) is 125 Å². The van der Waals surface area contributed by atoms with E-state index in [0.29, 0.717) is 43.4 Å². The van der Waals surface area contributed by atoms with Crippen molar-refractivity contribution >= 4 is 5.97 Å². The number of allylic oxidation sites excluding steroid dienone is 1. The van der Waals surface area contributed by atoms with Crippen LogP contribution in [-0.2, 0) is 14.3 Å². The van der Waals surface area contributed by atoms with Gasteiger partial charge in [-0.1, -0.05) is 74.0 Å². The van der Waals surface area contributed by atoms with Crippen LogP contribution in [-0.4, -0.2) is 62.7 Å². The maximum Gasteiger partial charge on any atom is 0.307 e. The lowest BCUT2D eigenvalue weighted by atomic mass is 9.34. The lowest BCUT2D eigenvalue weighted by Gasteiger charge is -2.71. The third-order valence-corrected chi connectivity index (χ3v) is 15.7. The zero-order chi connectivity index (χ0) is 34.5. The average Bonchev–Trinajstić information content (AvgIpc) is 3.42. The number of aromatic nitrogens is 4. The summed E-state index contributed by atoms with van der Waals surface area (Å²) < 4.78 is 13.9. The van der Waals surface area contributed by atoms with Crippen LogP contribution < -0.4 is 5.73 Å². The number of ether oxygens (including phenoxy) is 2. The predicted octanol–water partition coefficient (Wildman–Crippen LogP) is 6.87. The van der Waals surface area contributed by atoms with Crippen LogP contribution in [0.3, 0.4) is 0 Å². The monoisotopic (exact) mass is 653 g/mol. The molecule has 264 valence electrons. The van der Waals surface area contributed by atoms with Gasteiger partial charge in [-0.15, -0.1) is 10.2 Å². The lowest BCUT2D eigenvalue weighted by Crippen LogP contribution is -2.70. The molecule has 0 radical (unpaired) electrons. The highest BCUT2D eigenvalue weighted by Gasteiger charge is 2.72. The molecule has 1 aliphatic heterocycles. The fraction of sp³-hybridized carbons (Fsp3) is 0.895. The van der Waals surface area contributed by atoms with Crippen LogP contribution in [0.15, 0.2) is 11.6 Å². The summed E-state index contributed by atoms with van der Waals surface area (Å²) in [5, 5.41) is 24.7. The SMILES string of the molecule is Cc1nnn([C@@H]2C[C@]3(C)COC[C@@]4(C5=CC[C@@]6(C)[C@H](C(=O)O)[C@@](C)([C@H](C)C(C)C)CC[C@]6(C)[C@H]5CC[C@H]34)[C@H]2OC[C@](C)(N)C(C)C)n1. The Balaban J connectivity index is 1.51. The zero-order valence-corrected chi connectivity index (χ0v) is 31.1. The first-order chi connectivity index (χ1) is 21.8. The molecule has 1 saturated heterocycles. The summed E-state index contributed by atoms with van der Waals surface area (Å²) in [6.07, 6.45) is 7.93. The molecule has 0 unspecified atom stereocenters. The molecule has 2 bridgehead atoms. The molecule has 0 amide bonds. The number of nitrogens with zero attached hydrogens (tertiary/aromatic N) is 4. The van der Waals surface area contributed by atoms with Crippen LogP contribution in [0.4, 0.5) is 0 Å². The minimum Gasteiger partial charge on any atom is -0.481 e. The zero-order valence-electron chi connectivity index (χ0n) is 31.1. The highest BCUT2D eigenvalue weighted by Crippen LogP contribution is 2.75. The van der Waals surface area contributed by atoms with Crippen molar-refractivity contribution in [1.82, 2.24) is 20.2 Å². The van der Waals surface area contributed by atoms with E-state index in [1.807, 2.05) is 11.7 Å². The summed E-state index contributed by atoms with van der Waals surface area (Å²) in [6, 6.07) is -0.113. The van der Waals surface area contributed by atoms with E-state index < -0.39 is 17.4 Å².